The molecule has 1 aliphatic rings. The van der Waals surface area contributed by atoms with Gasteiger partial charge in [0.15, 0.2) is 0 Å². The number of carbonyl (C=O) groups is 1. The number of methoxy groups -OCH3 is 1. The molecule has 0 aliphatic carbocycles. The fourth-order valence-electron chi connectivity index (χ4n) is 3.05. The third-order valence-electron chi connectivity index (χ3n) is 4.66. The van der Waals surface area contributed by atoms with Crippen LogP contribution in [0.15, 0.2) is 0 Å². The molecule has 0 spiro atoms. The van der Waals surface area contributed by atoms with Crippen LogP contribution in [0.4, 0.5) is 0 Å². The van der Waals surface area contributed by atoms with E-state index in [9.17, 15) is 4.79 Å². The number of benzene rings is 1. The van der Waals surface area contributed by atoms with E-state index in [2.05, 4.69) is 0 Å². The molecule has 23 heavy (non-hydrogen) atoms. The molecular weight excluding hydrogens is 296 g/mol. The molecule has 0 bridgehead atoms. The van der Waals surface area contributed by atoms with Gasteiger partial charge in [-0.3, -0.25) is 0 Å². The first-order valence-electron chi connectivity index (χ1n) is 7.99. The molecule has 1 N–H and O–H groups in total. The predicted octanol–water partition coefficient (Wildman–Crippen LogP) is 2.63. The summed E-state index contributed by atoms with van der Waals surface area (Å²) in [5.74, 6) is 1.29. The maximum absolute atomic E-state index is 12.0. The summed E-state index contributed by atoms with van der Waals surface area (Å²) >= 11 is 0. The Kier molecular flexibility index (Phi) is 5.19. The van der Waals surface area contributed by atoms with Gasteiger partial charge in [0.2, 0.25) is 5.60 Å². The molecule has 0 amide bonds. The van der Waals surface area contributed by atoms with Gasteiger partial charge in [0.1, 0.15) is 11.5 Å². The Bertz CT molecular complexity index is 608. The molecule has 0 fully saturated rings. The predicted molar refractivity (Wildman–Crippen MR) is 87.2 cm³/mol. The third kappa shape index (κ3) is 3.15. The first-order valence-corrected chi connectivity index (χ1v) is 7.99. The van der Waals surface area contributed by atoms with E-state index in [1.54, 1.807) is 6.92 Å². The van der Waals surface area contributed by atoms with Crippen LogP contribution in [0, 0.1) is 20.8 Å². The van der Waals surface area contributed by atoms with Crippen LogP contribution in [0.2, 0.25) is 0 Å². The lowest BCUT2D eigenvalue weighted by molar-refractivity contribution is -0.159. The molecule has 2 rings (SSSR count). The number of aliphatic hydroxyl groups is 1. The van der Waals surface area contributed by atoms with Crippen LogP contribution in [0.3, 0.4) is 0 Å². The maximum atomic E-state index is 12.0. The van der Waals surface area contributed by atoms with E-state index < -0.39 is 5.60 Å². The summed E-state index contributed by atoms with van der Waals surface area (Å²) < 4.78 is 16.8. The van der Waals surface area contributed by atoms with Crippen molar-refractivity contribution >= 4 is 5.97 Å². The van der Waals surface area contributed by atoms with E-state index >= 15 is 0 Å². The van der Waals surface area contributed by atoms with Crippen LogP contribution >= 0.6 is 0 Å². The summed E-state index contributed by atoms with van der Waals surface area (Å²) in [6.07, 6.45) is 1.92. The van der Waals surface area contributed by atoms with Gasteiger partial charge in [0, 0.05) is 25.0 Å². The van der Waals surface area contributed by atoms with Gasteiger partial charge in [0.25, 0.3) is 0 Å². The van der Waals surface area contributed by atoms with Gasteiger partial charge in [-0.1, -0.05) is 0 Å². The second-order valence-electron chi connectivity index (χ2n) is 6.26. The molecule has 0 saturated heterocycles. The van der Waals surface area contributed by atoms with Gasteiger partial charge < -0.3 is 19.3 Å². The van der Waals surface area contributed by atoms with E-state index in [-0.39, 0.29) is 12.6 Å². The Morgan fingerprint density at radius 1 is 1.26 bits per heavy atom. The van der Waals surface area contributed by atoms with E-state index in [0.29, 0.717) is 19.4 Å². The first kappa shape index (κ1) is 17.6. The van der Waals surface area contributed by atoms with Gasteiger partial charge in [0.05, 0.1) is 13.7 Å². The van der Waals surface area contributed by atoms with Crippen molar-refractivity contribution in [3.8, 4) is 11.5 Å². The number of carbonyl (C=O) groups excluding carboxylic acids is 1. The number of fused-ring (bicyclic) bond motifs is 1. The number of aliphatic hydroxyl groups excluding tert-OH is 1. The van der Waals surface area contributed by atoms with Crippen LogP contribution in [0.5, 0.6) is 11.5 Å². The monoisotopic (exact) mass is 322 g/mol. The Hall–Kier alpha value is -1.75. The molecule has 128 valence electrons. The highest BCUT2D eigenvalue weighted by Crippen LogP contribution is 2.44. The van der Waals surface area contributed by atoms with Crippen LogP contribution in [0.25, 0.3) is 0 Å². The lowest BCUT2D eigenvalue weighted by atomic mass is 9.87. The van der Waals surface area contributed by atoms with E-state index in [1.165, 1.54) is 7.11 Å². The maximum Gasteiger partial charge on any atom is 0.349 e. The molecule has 0 radical (unpaired) electrons. The quantitative estimate of drug-likeness (QED) is 0.667. The molecule has 1 aromatic rings. The van der Waals surface area contributed by atoms with Gasteiger partial charge in [-0.2, -0.15) is 0 Å². The number of rotatable bonds is 5. The van der Waals surface area contributed by atoms with E-state index in [1.807, 2.05) is 20.8 Å². The van der Waals surface area contributed by atoms with Gasteiger partial charge in [-0.25, -0.2) is 4.79 Å². The molecule has 1 unspecified atom stereocenters. The van der Waals surface area contributed by atoms with Crippen molar-refractivity contribution in [2.45, 2.75) is 52.6 Å². The topological polar surface area (TPSA) is 65.0 Å². The normalized spacial score (nSPS) is 19.7. The van der Waals surface area contributed by atoms with Crippen LogP contribution in [-0.4, -0.2) is 37.0 Å². The molecule has 1 atom stereocenters. The first-order chi connectivity index (χ1) is 10.9. The van der Waals surface area contributed by atoms with E-state index in [4.69, 9.17) is 19.3 Å². The summed E-state index contributed by atoms with van der Waals surface area (Å²) in [5.41, 5.74) is 3.19. The van der Waals surface area contributed by atoms with Crippen molar-refractivity contribution in [2.24, 2.45) is 0 Å². The largest absolute Gasteiger partial charge is 0.493 e. The molecule has 5 nitrogen and oxygen atoms in total. The molecule has 1 aliphatic heterocycles. The molecule has 1 heterocycles. The number of hydrogen-bond acceptors (Lipinski definition) is 5. The van der Waals surface area contributed by atoms with Crippen molar-refractivity contribution in [3.63, 3.8) is 0 Å². The third-order valence-corrected chi connectivity index (χ3v) is 4.66. The summed E-state index contributed by atoms with van der Waals surface area (Å²) in [7, 11) is 1.38. The SMILES string of the molecule is COC(=O)C1(C)CCc2c(C)c(OCCCO)c(C)c(C)c2O1. The van der Waals surface area contributed by atoms with Crippen molar-refractivity contribution in [1.82, 2.24) is 0 Å². The van der Waals surface area contributed by atoms with Crippen molar-refractivity contribution in [2.75, 3.05) is 20.3 Å². The summed E-state index contributed by atoms with van der Waals surface area (Å²) in [6.45, 7) is 8.36. The zero-order chi connectivity index (χ0) is 17.2. The minimum atomic E-state index is -0.940. The average molecular weight is 322 g/mol. The van der Waals surface area contributed by atoms with Crippen molar-refractivity contribution in [3.05, 3.63) is 22.3 Å². The van der Waals surface area contributed by atoms with Gasteiger partial charge >= 0.3 is 5.97 Å². The second-order valence-corrected chi connectivity index (χ2v) is 6.26. The molecular formula is C18H26O5. The molecule has 1 aromatic carbocycles. The Labute approximate surface area is 137 Å². The number of hydrogen-bond donors (Lipinski definition) is 1. The van der Waals surface area contributed by atoms with Crippen LogP contribution in [0.1, 0.15) is 42.0 Å². The van der Waals surface area contributed by atoms with Crippen molar-refractivity contribution in [1.29, 1.82) is 0 Å². The van der Waals surface area contributed by atoms with E-state index in [0.717, 1.165) is 40.2 Å². The zero-order valence-electron chi connectivity index (χ0n) is 14.6. The number of esters is 1. The fraction of sp³-hybridized carbons (Fsp3) is 0.611. The Morgan fingerprint density at radius 3 is 2.57 bits per heavy atom. The summed E-state index contributed by atoms with van der Waals surface area (Å²) in [5, 5.41) is 8.92. The van der Waals surface area contributed by atoms with Gasteiger partial charge in [-0.15, -0.1) is 0 Å². The zero-order valence-corrected chi connectivity index (χ0v) is 14.6. The Balaban J connectivity index is 2.41. The molecule has 5 heteroatoms. The lowest BCUT2D eigenvalue weighted by Crippen LogP contribution is -2.45. The standard InChI is InChI=1S/C18H26O5/c1-11-12(2)16-14(13(3)15(11)22-10-6-9-19)7-8-18(4,23-16)17(20)21-5/h19H,6-10H2,1-5H3. The highest BCUT2D eigenvalue weighted by atomic mass is 16.6. The lowest BCUT2D eigenvalue weighted by Gasteiger charge is -2.36. The average Bonchev–Trinajstić information content (AvgIpc) is 2.55. The summed E-state index contributed by atoms with van der Waals surface area (Å²) in [6, 6.07) is 0. The van der Waals surface area contributed by atoms with Gasteiger partial charge in [-0.05, 0) is 50.8 Å². The minimum absolute atomic E-state index is 0.114. The minimum Gasteiger partial charge on any atom is -0.493 e. The summed E-state index contributed by atoms with van der Waals surface area (Å²) in [4.78, 5) is 12.0. The second kappa shape index (κ2) is 6.79. The highest BCUT2D eigenvalue weighted by molar-refractivity contribution is 5.80. The Morgan fingerprint density at radius 2 is 1.96 bits per heavy atom. The van der Waals surface area contributed by atoms with Crippen molar-refractivity contribution < 1.29 is 24.1 Å². The van der Waals surface area contributed by atoms with Crippen LogP contribution < -0.4 is 9.47 Å². The fourth-order valence-corrected chi connectivity index (χ4v) is 3.05. The number of ether oxygens (including phenoxy) is 3. The molecule has 0 saturated carbocycles. The smallest absolute Gasteiger partial charge is 0.349 e. The molecule has 0 aromatic heterocycles. The highest BCUT2D eigenvalue weighted by Gasteiger charge is 2.41. The van der Waals surface area contributed by atoms with Crippen LogP contribution in [-0.2, 0) is 16.0 Å².